The van der Waals surface area contributed by atoms with Crippen molar-refractivity contribution in [1.29, 1.82) is 0 Å². The largest absolute Gasteiger partial charge is 0.385 e. The predicted molar refractivity (Wildman–Crippen MR) is 75.6 cm³/mol. The topological polar surface area (TPSA) is 24.9 Å². The average Bonchev–Trinajstić information content (AvgIpc) is 2.35. The summed E-state index contributed by atoms with van der Waals surface area (Å²) in [4.78, 5) is 3.91. The van der Waals surface area contributed by atoms with Gasteiger partial charge in [0.2, 0.25) is 0 Å². The molecule has 6 heteroatoms. The molecule has 0 aliphatic carbocycles. The summed E-state index contributed by atoms with van der Waals surface area (Å²) in [6.45, 7) is 4.27. The Balaban J connectivity index is 2.86. The van der Waals surface area contributed by atoms with Gasteiger partial charge in [-0.3, -0.25) is 0 Å². The number of nitrogens with one attached hydrogen (secondary N) is 1. The zero-order valence-corrected chi connectivity index (χ0v) is 11.9. The molecule has 2 rings (SSSR count). The van der Waals surface area contributed by atoms with Crippen LogP contribution in [0, 0.1) is 6.92 Å². The van der Waals surface area contributed by atoms with E-state index in [9.17, 15) is 8.78 Å². The van der Waals surface area contributed by atoms with Crippen molar-refractivity contribution >= 4 is 39.8 Å². The van der Waals surface area contributed by atoms with Crippen LogP contribution in [0.1, 0.15) is 24.6 Å². The molecule has 0 unspecified atom stereocenters. The molecule has 2 nitrogen and oxygen atoms in total. The number of aromatic nitrogens is 1. The third-order valence-electron chi connectivity index (χ3n) is 2.77. The van der Waals surface area contributed by atoms with Crippen LogP contribution in [0.15, 0.2) is 12.1 Å². The van der Waals surface area contributed by atoms with Gasteiger partial charge in [0.15, 0.2) is 0 Å². The van der Waals surface area contributed by atoms with E-state index >= 15 is 0 Å². The molecule has 0 saturated carbocycles. The molecular formula is C13H12Cl2F2N2. The fourth-order valence-corrected chi connectivity index (χ4v) is 2.47. The van der Waals surface area contributed by atoms with E-state index in [-0.39, 0.29) is 5.69 Å². The van der Waals surface area contributed by atoms with Gasteiger partial charge in [-0.25, -0.2) is 13.8 Å². The van der Waals surface area contributed by atoms with Crippen LogP contribution in [0.2, 0.25) is 10.0 Å². The Labute approximate surface area is 119 Å². The highest BCUT2D eigenvalue weighted by Crippen LogP contribution is 2.38. The van der Waals surface area contributed by atoms with Gasteiger partial charge in [-0.05, 0) is 31.5 Å². The number of fused-ring (bicyclic) bond motifs is 1. The Kier molecular flexibility index (Phi) is 4.11. The summed E-state index contributed by atoms with van der Waals surface area (Å²) in [5.74, 6) is 0. The van der Waals surface area contributed by atoms with Gasteiger partial charge in [-0.15, -0.1) is 0 Å². The minimum Gasteiger partial charge on any atom is -0.385 e. The maximum absolute atomic E-state index is 12.9. The lowest BCUT2D eigenvalue weighted by Gasteiger charge is -2.14. The summed E-state index contributed by atoms with van der Waals surface area (Å²) in [5, 5.41) is 4.40. The van der Waals surface area contributed by atoms with E-state index in [1.54, 1.807) is 6.07 Å². The summed E-state index contributed by atoms with van der Waals surface area (Å²) in [7, 11) is 0. The lowest BCUT2D eigenvalue weighted by atomic mass is 10.1. The van der Waals surface area contributed by atoms with Gasteiger partial charge in [0.05, 0.1) is 15.6 Å². The standard InChI is InChI=1S/C13H12Cl2F2N2/c1-3-18-8-5-9(13(16)17)19-12-7(14)4-6(2)11(15)10(8)12/h4-5,13H,3H2,1-2H3,(H,18,19). The molecule has 0 saturated heterocycles. The molecular weight excluding hydrogens is 293 g/mol. The fraction of sp³-hybridized carbons (Fsp3) is 0.308. The smallest absolute Gasteiger partial charge is 0.280 e. The molecule has 1 aromatic heterocycles. The Bertz CT molecular complexity index is 630. The van der Waals surface area contributed by atoms with Crippen LogP contribution in [-0.4, -0.2) is 11.5 Å². The number of nitrogens with zero attached hydrogens (tertiary/aromatic N) is 1. The molecule has 102 valence electrons. The predicted octanol–water partition coefficient (Wildman–Crippen LogP) is 5.22. The second-order valence-corrected chi connectivity index (χ2v) is 4.92. The van der Waals surface area contributed by atoms with Crippen LogP contribution in [0.3, 0.4) is 0 Å². The molecule has 0 atom stereocenters. The van der Waals surface area contributed by atoms with Crippen LogP contribution in [0.5, 0.6) is 0 Å². The third kappa shape index (κ3) is 2.60. The maximum Gasteiger partial charge on any atom is 0.280 e. The molecule has 1 heterocycles. The zero-order valence-electron chi connectivity index (χ0n) is 10.4. The average molecular weight is 305 g/mol. The Morgan fingerprint density at radius 3 is 2.58 bits per heavy atom. The van der Waals surface area contributed by atoms with Gasteiger partial charge in [0, 0.05) is 17.6 Å². The molecule has 0 aliphatic rings. The Morgan fingerprint density at radius 1 is 1.32 bits per heavy atom. The highest BCUT2D eigenvalue weighted by atomic mass is 35.5. The van der Waals surface area contributed by atoms with Gasteiger partial charge in [-0.1, -0.05) is 23.2 Å². The number of hydrogen-bond donors (Lipinski definition) is 1. The molecule has 1 N–H and O–H groups in total. The van der Waals surface area contributed by atoms with Crippen molar-refractivity contribution in [3.63, 3.8) is 0 Å². The molecule has 0 bridgehead atoms. The number of anilines is 1. The minimum absolute atomic E-state index is 0.297. The fourth-order valence-electron chi connectivity index (χ4n) is 1.92. The second kappa shape index (κ2) is 5.47. The lowest BCUT2D eigenvalue weighted by Crippen LogP contribution is -2.02. The number of rotatable bonds is 3. The second-order valence-electron chi connectivity index (χ2n) is 4.14. The summed E-state index contributed by atoms with van der Waals surface area (Å²) in [6.07, 6.45) is -2.65. The summed E-state index contributed by atoms with van der Waals surface area (Å²) in [6, 6.07) is 2.95. The van der Waals surface area contributed by atoms with Gasteiger partial charge in [-0.2, -0.15) is 0 Å². The van der Waals surface area contributed by atoms with Crippen molar-refractivity contribution in [1.82, 2.24) is 4.98 Å². The van der Waals surface area contributed by atoms with Crippen molar-refractivity contribution < 1.29 is 8.78 Å². The summed E-state index contributed by atoms with van der Waals surface area (Å²) >= 11 is 12.3. The van der Waals surface area contributed by atoms with E-state index in [4.69, 9.17) is 23.2 Å². The quantitative estimate of drug-likeness (QED) is 0.841. The summed E-state index contributed by atoms with van der Waals surface area (Å²) < 4.78 is 25.7. The minimum atomic E-state index is -2.65. The number of benzene rings is 1. The molecule has 0 amide bonds. The van der Waals surface area contributed by atoms with E-state index in [0.717, 1.165) is 5.56 Å². The summed E-state index contributed by atoms with van der Waals surface area (Å²) in [5.41, 5.74) is 1.29. The maximum atomic E-state index is 12.9. The van der Waals surface area contributed by atoms with Gasteiger partial charge < -0.3 is 5.32 Å². The van der Waals surface area contributed by atoms with Crippen LogP contribution in [-0.2, 0) is 0 Å². The Morgan fingerprint density at radius 2 is 2.00 bits per heavy atom. The Hall–Kier alpha value is -1.13. The number of alkyl halides is 2. The van der Waals surface area contributed by atoms with Gasteiger partial charge in [0.25, 0.3) is 6.43 Å². The number of aryl methyl sites for hydroxylation is 1. The molecule has 0 aliphatic heterocycles. The number of halogens is 4. The van der Waals surface area contributed by atoms with Crippen molar-refractivity contribution in [2.75, 3.05) is 11.9 Å². The zero-order chi connectivity index (χ0) is 14.2. The first-order valence-electron chi connectivity index (χ1n) is 5.77. The SMILES string of the molecule is CCNc1cc(C(F)F)nc2c(Cl)cc(C)c(Cl)c12. The monoisotopic (exact) mass is 304 g/mol. The van der Waals surface area contributed by atoms with Crippen LogP contribution >= 0.6 is 23.2 Å². The molecule has 0 fully saturated rings. The van der Waals surface area contributed by atoms with E-state index in [1.807, 2.05) is 13.8 Å². The van der Waals surface area contributed by atoms with E-state index < -0.39 is 6.43 Å². The van der Waals surface area contributed by atoms with Crippen LogP contribution < -0.4 is 5.32 Å². The van der Waals surface area contributed by atoms with Crippen molar-refractivity contribution in [2.45, 2.75) is 20.3 Å². The number of hydrogen-bond acceptors (Lipinski definition) is 2. The molecule has 2 aromatic rings. The molecule has 1 aromatic carbocycles. The first kappa shape index (κ1) is 14.3. The first-order chi connectivity index (χ1) is 8.95. The van der Waals surface area contributed by atoms with Crippen LogP contribution in [0.4, 0.5) is 14.5 Å². The third-order valence-corrected chi connectivity index (χ3v) is 3.54. The first-order valence-corrected chi connectivity index (χ1v) is 6.52. The molecule has 0 radical (unpaired) electrons. The van der Waals surface area contributed by atoms with E-state index in [2.05, 4.69) is 10.3 Å². The lowest BCUT2D eigenvalue weighted by molar-refractivity contribution is 0.146. The highest BCUT2D eigenvalue weighted by Gasteiger charge is 2.17. The molecule has 0 spiro atoms. The van der Waals surface area contributed by atoms with Gasteiger partial charge >= 0.3 is 0 Å². The molecule has 19 heavy (non-hydrogen) atoms. The van der Waals surface area contributed by atoms with E-state index in [1.165, 1.54) is 6.07 Å². The van der Waals surface area contributed by atoms with E-state index in [0.29, 0.717) is 33.2 Å². The van der Waals surface area contributed by atoms with Crippen molar-refractivity contribution in [3.05, 3.63) is 33.4 Å². The normalized spacial score (nSPS) is 11.3. The van der Waals surface area contributed by atoms with Crippen LogP contribution in [0.25, 0.3) is 10.9 Å². The highest BCUT2D eigenvalue weighted by molar-refractivity contribution is 6.41. The van der Waals surface area contributed by atoms with Gasteiger partial charge in [0.1, 0.15) is 5.69 Å². The number of pyridine rings is 1. The van der Waals surface area contributed by atoms with Crippen molar-refractivity contribution in [2.24, 2.45) is 0 Å². The van der Waals surface area contributed by atoms with Crippen molar-refractivity contribution in [3.8, 4) is 0 Å².